The van der Waals surface area contributed by atoms with Crippen LogP contribution in [0, 0.1) is 12.8 Å². The van der Waals surface area contributed by atoms with Crippen LogP contribution in [0.1, 0.15) is 31.1 Å². The summed E-state index contributed by atoms with van der Waals surface area (Å²) in [5.74, 6) is 0.283. The van der Waals surface area contributed by atoms with E-state index in [4.69, 9.17) is 0 Å². The Hall–Kier alpha value is -0.820. The lowest BCUT2D eigenvalue weighted by Gasteiger charge is -2.16. The summed E-state index contributed by atoms with van der Waals surface area (Å²) < 4.78 is 0. The molecule has 0 heterocycles. The van der Waals surface area contributed by atoms with Gasteiger partial charge in [-0.1, -0.05) is 38.1 Å². The molecule has 1 N–H and O–H groups in total. The van der Waals surface area contributed by atoms with Crippen LogP contribution in [0.4, 0.5) is 0 Å². The molecule has 0 bridgehead atoms. The van der Waals surface area contributed by atoms with E-state index in [9.17, 15) is 5.11 Å². The molecule has 0 saturated heterocycles. The van der Waals surface area contributed by atoms with Gasteiger partial charge in [-0.2, -0.15) is 0 Å². The van der Waals surface area contributed by atoms with Crippen molar-refractivity contribution in [2.24, 2.45) is 5.92 Å². The molecule has 0 aliphatic heterocycles. The average Bonchev–Trinajstić information content (AvgIpc) is 2.04. The quantitative estimate of drug-likeness (QED) is 0.712. The first-order valence-electron chi connectivity index (χ1n) is 4.36. The van der Waals surface area contributed by atoms with Gasteiger partial charge in [0.1, 0.15) is 0 Å². The van der Waals surface area contributed by atoms with Crippen LogP contribution in [-0.4, -0.2) is 5.11 Å². The minimum Gasteiger partial charge on any atom is -0.388 e. The molecule has 12 heavy (non-hydrogen) atoms. The second-order valence-corrected chi connectivity index (χ2v) is 3.55. The summed E-state index contributed by atoms with van der Waals surface area (Å²) in [4.78, 5) is 0. The van der Waals surface area contributed by atoms with Crippen LogP contribution in [0.2, 0.25) is 0 Å². The van der Waals surface area contributed by atoms with Gasteiger partial charge in [-0.05, 0) is 24.0 Å². The largest absolute Gasteiger partial charge is 0.388 e. The number of aliphatic hydroxyl groups is 1. The molecular formula is C11H16O. The molecule has 1 aromatic carbocycles. The highest BCUT2D eigenvalue weighted by Crippen LogP contribution is 2.23. The van der Waals surface area contributed by atoms with Gasteiger partial charge in [0.2, 0.25) is 0 Å². The lowest BCUT2D eigenvalue weighted by atomic mass is 9.96. The van der Waals surface area contributed by atoms with E-state index in [1.807, 2.05) is 45.0 Å². The van der Waals surface area contributed by atoms with Crippen LogP contribution in [-0.2, 0) is 0 Å². The fraction of sp³-hybridized carbons (Fsp3) is 0.455. The van der Waals surface area contributed by atoms with Crippen molar-refractivity contribution < 1.29 is 5.11 Å². The molecule has 66 valence electrons. The highest BCUT2D eigenvalue weighted by molar-refractivity contribution is 5.27. The summed E-state index contributed by atoms with van der Waals surface area (Å²) in [5.41, 5.74) is 2.21. The molecule has 0 spiro atoms. The van der Waals surface area contributed by atoms with E-state index < -0.39 is 0 Å². The molecule has 1 heteroatoms. The maximum absolute atomic E-state index is 9.78. The Kier molecular flexibility index (Phi) is 2.88. The standard InChI is InChI=1S/C11H16O/c1-8(2)11(12)10-7-5-4-6-9(10)3/h4-8,11-12H,1-3H3. The third-order valence-corrected chi connectivity index (χ3v) is 2.14. The normalized spacial score (nSPS) is 13.4. The predicted molar refractivity (Wildman–Crippen MR) is 51.0 cm³/mol. The maximum Gasteiger partial charge on any atom is 0.0815 e. The molecule has 0 saturated carbocycles. The highest BCUT2D eigenvalue weighted by Gasteiger charge is 2.12. The first-order chi connectivity index (χ1) is 5.63. The van der Waals surface area contributed by atoms with Crippen LogP contribution in [0.15, 0.2) is 24.3 Å². The fourth-order valence-corrected chi connectivity index (χ4v) is 1.28. The molecular weight excluding hydrogens is 148 g/mol. The molecule has 0 radical (unpaired) electrons. The number of aryl methyl sites for hydroxylation is 1. The Morgan fingerprint density at radius 3 is 2.25 bits per heavy atom. The van der Waals surface area contributed by atoms with Crippen LogP contribution in [0.5, 0.6) is 0 Å². The van der Waals surface area contributed by atoms with Gasteiger partial charge in [0, 0.05) is 0 Å². The van der Waals surface area contributed by atoms with E-state index in [-0.39, 0.29) is 12.0 Å². The van der Waals surface area contributed by atoms with Crippen molar-refractivity contribution in [1.82, 2.24) is 0 Å². The zero-order valence-corrected chi connectivity index (χ0v) is 7.91. The molecule has 1 rings (SSSR count). The van der Waals surface area contributed by atoms with Crippen molar-refractivity contribution in [3.63, 3.8) is 0 Å². The van der Waals surface area contributed by atoms with E-state index in [1.165, 1.54) is 5.56 Å². The van der Waals surface area contributed by atoms with Crippen molar-refractivity contribution in [2.75, 3.05) is 0 Å². The zero-order chi connectivity index (χ0) is 9.14. The number of aliphatic hydroxyl groups excluding tert-OH is 1. The van der Waals surface area contributed by atoms with Gasteiger partial charge in [0.15, 0.2) is 0 Å². The Bertz CT molecular complexity index is 253. The summed E-state index contributed by atoms with van der Waals surface area (Å²) in [6.45, 7) is 6.08. The lowest BCUT2D eigenvalue weighted by molar-refractivity contribution is 0.126. The van der Waals surface area contributed by atoms with E-state index in [0.29, 0.717) is 0 Å². The van der Waals surface area contributed by atoms with Gasteiger partial charge in [-0.25, -0.2) is 0 Å². The Morgan fingerprint density at radius 1 is 1.17 bits per heavy atom. The Balaban J connectivity index is 2.94. The van der Waals surface area contributed by atoms with Crippen LogP contribution in [0.25, 0.3) is 0 Å². The topological polar surface area (TPSA) is 20.2 Å². The number of hydrogen-bond donors (Lipinski definition) is 1. The van der Waals surface area contributed by atoms with Crippen molar-refractivity contribution >= 4 is 0 Å². The lowest BCUT2D eigenvalue weighted by Crippen LogP contribution is -2.06. The van der Waals surface area contributed by atoms with Gasteiger partial charge >= 0.3 is 0 Å². The highest BCUT2D eigenvalue weighted by atomic mass is 16.3. The number of rotatable bonds is 2. The van der Waals surface area contributed by atoms with E-state index in [0.717, 1.165) is 5.56 Å². The second-order valence-electron chi connectivity index (χ2n) is 3.55. The molecule has 0 aliphatic carbocycles. The monoisotopic (exact) mass is 164 g/mol. The fourth-order valence-electron chi connectivity index (χ4n) is 1.28. The third-order valence-electron chi connectivity index (χ3n) is 2.14. The van der Waals surface area contributed by atoms with E-state index in [1.54, 1.807) is 0 Å². The number of hydrogen-bond acceptors (Lipinski definition) is 1. The molecule has 1 unspecified atom stereocenters. The first kappa shape index (κ1) is 9.27. The zero-order valence-electron chi connectivity index (χ0n) is 7.91. The van der Waals surface area contributed by atoms with Crippen LogP contribution < -0.4 is 0 Å². The van der Waals surface area contributed by atoms with Gasteiger partial charge < -0.3 is 5.11 Å². The number of benzene rings is 1. The molecule has 1 aromatic rings. The minimum atomic E-state index is -0.328. The second kappa shape index (κ2) is 3.72. The van der Waals surface area contributed by atoms with Crippen molar-refractivity contribution in [1.29, 1.82) is 0 Å². The third kappa shape index (κ3) is 1.86. The maximum atomic E-state index is 9.78. The molecule has 1 atom stereocenters. The summed E-state index contributed by atoms with van der Waals surface area (Å²) >= 11 is 0. The van der Waals surface area contributed by atoms with Gasteiger partial charge in [0.05, 0.1) is 6.10 Å². The SMILES string of the molecule is Cc1ccccc1C(O)C(C)C. The van der Waals surface area contributed by atoms with Crippen LogP contribution >= 0.6 is 0 Å². The van der Waals surface area contributed by atoms with Crippen molar-refractivity contribution in [2.45, 2.75) is 26.9 Å². The summed E-state index contributed by atoms with van der Waals surface area (Å²) in [5, 5.41) is 9.78. The average molecular weight is 164 g/mol. The summed E-state index contributed by atoms with van der Waals surface area (Å²) in [6.07, 6.45) is -0.328. The summed E-state index contributed by atoms with van der Waals surface area (Å²) in [6, 6.07) is 7.97. The Labute approximate surface area is 74.1 Å². The minimum absolute atomic E-state index is 0.283. The molecule has 0 aromatic heterocycles. The first-order valence-corrected chi connectivity index (χ1v) is 4.36. The van der Waals surface area contributed by atoms with Crippen molar-refractivity contribution in [3.8, 4) is 0 Å². The van der Waals surface area contributed by atoms with Crippen molar-refractivity contribution in [3.05, 3.63) is 35.4 Å². The van der Waals surface area contributed by atoms with Crippen LogP contribution in [0.3, 0.4) is 0 Å². The molecule has 1 nitrogen and oxygen atoms in total. The summed E-state index contributed by atoms with van der Waals surface area (Å²) in [7, 11) is 0. The van der Waals surface area contributed by atoms with Gasteiger partial charge in [-0.3, -0.25) is 0 Å². The molecule has 0 fully saturated rings. The van der Waals surface area contributed by atoms with Gasteiger partial charge in [-0.15, -0.1) is 0 Å². The smallest absolute Gasteiger partial charge is 0.0815 e. The molecule has 0 aliphatic rings. The van der Waals surface area contributed by atoms with Gasteiger partial charge in [0.25, 0.3) is 0 Å². The predicted octanol–water partition coefficient (Wildman–Crippen LogP) is 2.68. The molecule has 0 amide bonds. The Morgan fingerprint density at radius 2 is 1.75 bits per heavy atom. The van der Waals surface area contributed by atoms with E-state index in [2.05, 4.69) is 0 Å². The van der Waals surface area contributed by atoms with E-state index >= 15 is 0 Å².